The summed E-state index contributed by atoms with van der Waals surface area (Å²) in [6.07, 6.45) is 3.60. The predicted molar refractivity (Wildman–Crippen MR) is 43.3 cm³/mol. The van der Waals surface area contributed by atoms with Crippen molar-refractivity contribution < 1.29 is 9.59 Å². The maximum Gasteiger partial charge on any atom is 0.188 e. The monoisotopic (exact) mass is 162 g/mol. The first kappa shape index (κ1) is 7.09. The fraction of sp³-hybridized carbons (Fsp3) is 0.250. The van der Waals surface area contributed by atoms with E-state index in [1.165, 1.54) is 12.4 Å². The van der Waals surface area contributed by atoms with Gasteiger partial charge in [0.15, 0.2) is 11.6 Å². The number of aliphatic imine (C=N–C) groups is 2. The molecule has 0 unspecified atom stereocenters. The van der Waals surface area contributed by atoms with E-state index in [-0.39, 0.29) is 23.0 Å². The highest BCUT2D eigenvalue weighted by atomic mass is 16.1. The molecule has 2 aliphatic heterocycles. The summed E-state index contributed by atoms with van der Waals surface area (Å²) >= 11 is 0. The van der Waals surface area contributed by atoms with Crippen LogP contribution in [0.1, 0.15) is 12.8 Å². The first-order chi connectivity index (χ1) is 5.79. The minimum Gasteiger partial charge on any atom is -0.292 e. The van der Waals surface area contributed by atoms with Gasteiger partial charge in [0.25, 0.3) is 0 Å². The molecule has 12 heavy (non-hydrogen) atoms. The molecule has 4 heteroatoms. The molecule has 0 amide bonds. The number of allylic oxidation sites excluding steroid dienone is 2. The molecule has 0 fully saturated rings. The molecule has 0 aliphatic carbocycles. The lowest BCUT2D eigenvalue weighted by molar-refractivity contribution is -0.116. The van der Waals surface area contributed by atoms with E-state index in [0.717, 1.165) is 0 Å². The molecular formula is C8H6N2O2. The summed E-state index contributed by atoms with van der Waals surface area (Å²) in [6.45, 7) is 0. The number of carbonyl (C=O) groups excluding carboxylic acids is 2. The topological polar surface area (TPSA) is 58.9 Å². The van der Waals surface area contributed by atoms with E-state index in [4.69, 9.17) is 0 Å². The second kappa shape index (κ2) is 2.48. The van der Waals surface area contributed by atoms with Crippen molar-refractivity contribution >= 4 is 24.0 Å². The second-order valence-corrected chi connectivity index (χ2v) is 2.58. The van der Waals surface area contributed by atoms with Crippen molar-refractivity contribution in [2.75, 3.05) is 0 Å². The molecule has 2 aliphatic rings. The van der Waals surface area contributed by atoms with Gasteiger partial charge in [-0.05, 0) is 0 Å². The van der Waals surface area contributed by atoms with Crippen molar-refractivity contribution in [3.8, 4) is 0 Å². The van der Waals surface area contributed by atoms with E-state index < -0.39 is 0 Å². The van der Waals surface area contributed by atoms with Gasteiger partial charge in [-0.3, -0.25) is 19.6 Å². The van der Waals surface area contributed by atoms with E-state index in [9.17, 15) is 9.59 Å². The molecule has 0 aromatic rings. The average Bonchev–Trinajstić information content (AvgIpc) is 2.59. The van der Waals surface area contributed by atoms with Gasteiger partial charge in [-0.2, -0.15) is 0 Å². The Morgan fingerprint density at radius 2 is 1.33 bits per heavy atom. The molecule has 0 saturated heterocycles. The Morgan fingerprint density at radius 1 is 0.917 bits per heavy atom. The van der Waals surface area contributed by atoms with Crippen LogP contribution in [0.3, 0.4) is 0 Å². The lowest BCUT2D eigenvalue weighted by atomic mass is 10.2. The number of rotatable bonds is 0. The highest BCUT2D eigenvalue weighted by Crippen LogP contribution is 2.19. The lowest BCUT2D eigenvalue weighted by Gasteiger charge is -1.93. The highest BCUT2D eigenvalue weighted by Gasteiger charge is 2.24. The van der Waals surface area contributed by atoms with Crippen LogP contribution in [0.5, 0.6) is 0 Å². The molecule has 0 saturated carbocycles. The van der Waals surface area contributed by atoms with Crippen molar-refractivity contribution in [1.29, 1.82) is 0 Å². The van der Waals surface area contributed by atoms with Gasteiger partial charge < -0.3 is 0 Å². The summed E-state index contributed by atoms with van der Waals surface area (Å²) in [6, 6.07) is 0. The van der Waals surface area contributed by atoms with Crippen LogP contribution in [0.4, 0.5) is 0 Å². The minimum atomic E-state index is -0.114. The van der Waals surface area contributed by atoms with Crippen LogP contribution in [-0.2, 0) is 9.59 Å². The Bertz CT molecular complexity index is 316. The molecule has 0 spiro atoms. The Morgan fingerprint density at radius 3 is 1.58 bits per heavy atom. The van der Waals surface area contributed by atoms with Gasteiger partial charge in [0.2, 0.25) is 0 Å². The fourth-order valence-electron chi connectivity index (χ4n) is 1.16. The lowest BCUT2D eigenvalue weighted by Crippen LogP contribution is -2.02. The molecule has 60 valence electrons. The largest absolute Gasteiger partial charge is 0.292 e. The molecule has 0 aromatic carbocycles. The predicted octanol–water partition coefficient (Wildman–Crippen LogP) is 0.285. The first-order valence-corrected chi connectivity index (χ1v) is 3.65. The average molecular weight is 162 g/mol. The summed E-state index contributed by atoms with van der Waals surface area (Å²) in [5, 5.41) is 0. The molecule has 4 nitrogen and oxygen atoms in total. The summed E-state index contributed by atoms with van der Waals surface area (Å²) in [5.74, 6) is -0.227. The quantitative estimate of drug-likeness (QED) is 0.480. The third-order valence-corrected chi connectivity index (χ3v) is 1.75. The van der Waals surface area contributed by atoms with Gasteiger partial charge in [0.05, 0.1) is 0 Å². The Labute approximate surface area is 68.7 Å². The van der Waals surface area contributed by atoms with Crippen LogP contribution < -0.4 is 0 Å². The molecule has 0 aromatic heterocycles. The molecule has 2 heterocycles. The molecule has 0 atom stereocenters. The standard InChI is InChI=1S/C8H6N2O2/c11-5-1-3-9-7(5)8-6(12)2-4-10-8/h3-4H,1-2H2/b8-7-. The van der Waals surface area contributed by atoms with Crippen molar-refractivity contribution in [3.05, 3.63) is 11.4 Å². The number of nitrogens with zero attached hydrogens (tertiary/aromatic N) is 2. The number of hydrogen-bond donors (Lipinski definition) is 0. The van der Waals surface area contributed by atoms with Crippen molar-refractivity contribution in [3.63, 3.8) is 0 Å². The Balaban J connectivity index is 2.48. The van der Waals surface area contributed by atoms with Gasteiger partial charge >= 0.3 is 0 Å². The number of carbonyl (C=O) groups is 2. The van der Waals surface area contributed by atoms with E-state index in [2.05, 4.69) is 9.98 Å². The molecule has 0 radical (unpaired) electrons. The van der Waals surface area contributed by atoms with Gasteiger partial charge in [-0.25, -0.2) is 0 Å². The number of Topliss-reactive ketones (excluding diaryl/α,β-unsaturated/α-hetero) is 2. The van der Waals surface area contributed by atoms with Gasteiger partial charge in [0, 0.05) is 25.3 Å². The van der Waals surface area contributed by atoms with Gasteiger partial charge in [0.1, 0.15) is 11.4 Å². The normalized spacial score (nSPS) is 27.7. The van der Waals surface area contributed by atoms with Crippen LogP contribution in [0, 0.1) is 0 Å². The first-order valence-electron chi connectivity index (χ1n) is 3.65. The van der Waals surface area contributed by atoms with E-state index in [1.807, 2.05) is 0 Å². The Hall–Kier alpha value is -1.58. The van der Waals surface area contributed by atoms with E-state index >= 15 is 0 Å². The van der Waals surface area contributed by atoms with Crippen molar-refractivity contribution in [2.24, 2.45) is 9.98 Å². The summed E-state index contributed by atoms with van der Waals surface area (Å²) < 4.78 is 0. The molecule has 0 bridgehead atoms. The second-order valence-electron chi connectivity index (χ2n) is 2.58. The third-order valence-electron chi connectivity index (χ3n) is 1.75. The van der Waals surface area contributed by atoms with Crippen molar-refractivity contribution in [1.82, 2.24) is 0 Å². The number of ketones is 2. The zero-order valence-corrected chi connectivity index (χ0v) is 6.28. The minimum absolute atomic E-state index is 0.114. The van der Waals surface area contributed by atoms with E-state index in [0.29, 0.717) is 12.8 Å². The SMILES string of the molecule is O=C1CC=N/C1=C1\N=CCC1=O. The molecular weight excluding hydrogens is 156 g/mol. The van der Waals surface area contributed by atoms with Crippen molar-refractivity contribution in [2.45, 2.75) is 12.8 Å². The van der Waals surface area contributed by atoms with Crippen LogP contribution in [0.25, 0.3) is 0 Å². The fourth-order valence-corrected chi connectivity index (χ4v) is 1.16. The smallest absolute Gasteiger partial charge is 0.188 e. The third kappa shape index (κ3) is 0.922. The maximum absolute atomic E-state index is 11.1. The maximum atomic E-state index is 11.1. The summed E-state index contributed by atoms with van der Waals surface area (Å²) in [5.41, 5.74) is 0.461. The van der Waals surface area contributed by atoms with Crippen LogP contribution in [0.15, 0.2) is 21.4 Å². The summed E-state index contributed by atoms with van der Waals surface area (Å²) in [4.78, 5) is 29.8. The van der Waals surface area contributed by atoms with E-state index in [1.54, 1.807) is 0 Å². The van der Waals surface area contributed by atoms with Crippen LogP contribution >= 0.6 is 0 Å². The highest BCUT2D eigenvalue weighted by molar-refractivity contribution is 6.17. The zero-order valence-electron chi connectivity index (χ0n) is 6.28. The zero-order chi connectivity index (χ0) is 8.55. The van der Waals surface area contributed by atoms with Crippen LogP contribution in [0.2, 0.25) is 0 Å². The number of hydrogen-bond acceptors (Lipinski definition) is 4. The molecule has 2 rings (SSSR count). The van der Waals surface area contributed by atoms with Crippen LogP contribution in [-0.4, -0.2) is 24.0 Å². The van der Waals surface area contributed by atoms with Gasteiger partial charge in [-0.1, -0.05) is 0 Å². The van der Waals surface area contributed by atoms with Gasteiger partial charge in [-0.15, -0.1) is 0 Å². The molecule has 0 N–H and O–H groups in total. The summed E-state index contributed by atoms with van der Waals surface area (Å²) in [7, 11) is 0. The Kier molecular flexibility index (Phi) is 1.46.